The summed E-state index contributed by atoms with van der Waals surface area (Å²) in [6, 6.07) is 20.2. The van der Waals surface area contributed by atoms with E-state index in [1.807, 2.05) is 60.3 Å². The maximum Gasteiger partial charge on any atom is 0.262 e. The van der Waals surface area contributed by atoms with E-state index in [2.05, 4.69) is 15.3 Å². The monoisotopic (exact) mass is 400 g/mol. The van der Waals surface area contributed by atoms with Crippen LogP contribution >= 0.6 is 0 Å². The first-order valence-corrected chi connectivity index (χ1v) is 9.39. The van der Waals surface area contributed by atoms with Crippen LogP contribution in [-0.2, 0) is 4.79 Å². The van der Waals surface area contributed by atoms with E-state index < -0.39 is 0 Å². The van der Waals surface area contributed by atoms with E-state index in [4.69, 9.17) is 9.47 Å². The molecule has 7 heteroatoms. The second-order valence-corrected chi connectivity index (χ2v) is 6.53. The molecule has 0 aliphatic rings. The molecule has 1 amide bonds. The van der Waals surface area contributed by atoms with E-state index in [0.29, 0.717) is 28.9 Å². The molecule has 2 heterocycles. The molecule has 2 aromatic carbocycles. The first kappa shape index (κ1) is 19.2. The summed E-state index contributed by atoms with van der Waals surface area (Å²) in [4.78, 5) is 20.5. The number of ether oxygens (including phenoxy) is 2. The highest BCUT2D eigenvalue weighted by Crippen LogP contribution is 2.22. The fourth-order valence-corrected chi connectivity index (χ4v) is 2.80. The van der Waals surface area contributed by atoms with Crippen LogP contribution in [0.25, 0.3) is 5.82 Å². The number of hydrogen-bond acceptors (Lipinski definition) is 5. The van der Waals surface area contributed by atoms with Crippen LogP contribution in [-0.4, -0.2) is 27.0 Å². The Kier molecular flexibility index (Phi) is 5.70. The molecule has 0 bridgehead atoms. The first-order valence-electron chi connectivity index (χ1n) is 9.39. The predicted molar refractivity (Wildman–Crippen MR) is 113 cm³/mol. The van der Waals surface area contributed by atoms with Crippen molar-refractivity contribution in [3.05, 3.63) is 91.0 Å². The Bertz CT molecular complexity index is 1130. The zero-order valence-electron chi connectivity index (χ0n) is 16.4. The molecule has 2 aromatic heterocycles. The minimum absolute atomic E-state index is 0.0633. The van der Waals surface area contributed by atoms with Crippen LogP contribution in [0.15, 0.2) is 85.5 Å². The van der Waals surface area contributed by atoms with Crippen LogP contribution in [0.1, 0.15) is 5.56 Å². The standard InChI is InChI=1S/C23H20N4O3/c1-17-6-2-3-7-20(17)29-15-22(28)26-18-8-10-19(11-9-18)30-23-14-21(24-16-25-23)27-12-4-5-13-27/h2-14,16H,15H2,1H3,(H,26,28). The lowest BCUT2D eigenvalue weighted by Crippen LogP contribution is -2.20. The van der Waals surface area contributed by atoms with Crippen molar-refractivity contribution in [1.29, 1.82) is 0 Å². The van der Waals surface area contributed by atoms with Crippen molar-refractivity contribution in [2.45, 2.75) is 6.92 Å². The lowest BCUT2D eigenvalue weighted by Gasteiger charge is -2.10. The molecular formula is C23H20N4O3. The fourth-order valence-electron chi connectivity index (χ4n) is 2.80. The van der Waals surface area contributed by atoms with Crippen LogP contribution < -0.4 is 14.8 Å². The van der Waals surface area contributed by atoms with Crippen molar-refractivity contribution in [3.8, 4) is 23.2 Å². The summed E-state index contributed by atoms with van der Waals surface area (Å²) >= 11 is 0. The van der Waals surface area contributed by atoms with Crippen molar-refractivity contribution >= 4 is 11.6 Å². The van der Waals surface area contributed by atoms with Gasteiger partial charge in [0.1, 0.15) is 23.6 Å². The lowest BCUT2D eigenvalue weighted by atomic mass is 10.2. The van der Waals surface area contributed by atoms with Crippen molar-refractivity contribution < 1.29 is 14.3 Å². The van der Waals surface area contributed by atoms with Crippen molar-refractivity contribution in [3.63, 3.8) is 0 Å². The number of para-hydroxylation sites is 1. The van der Waals surface area contributed by atoms with Crippen molar-refractivity contribution in [2.24, 2.45) is 0 Å². The summed E-state index contributed by atoms with van der Waals surface area (Å²) in [5, 5.41) is 2.80. The molecule has 30 heavy (non-hydrogen) atoms. The molecule has 0 unspecified atom stereocenters. The highest BCUT2D eigenvalue weighted by atomic mass is 16.5. The Labute approximate surface area is 173 Å². The summed E-state index contributed by atoms with van der Waals surface area (Å²) in [6.45, 7) is 1.87. The highest BCUT2D eigenvalue weighted by Gasteiger charge is 2.07. The number of hydrogen-bond donors (Lipinski definition) is 1. The van der Waals surface area contributed by atoms with Gasteiger partial charge in [0.25, 0.3) is 5.91 Å². The molecule has 0 saturated carbocycles. The van der Waals surface area contributed by atoms with Crippen LogP contribution in [0.3, 0.4) is 0 Å². The molecule has 1 N–H and O–H groups in total. The summed E-state index contributed by atoms with van der Waals surface area (Å²) in [7, 11) is 0. The Hall–Kier alpha value is -4.13. The van der Waals surface area contributed by atoms with Crippen molar-refractivity contribution in [1.82, 2.24) is 14.5 Å². The zero-order valence-corrected chi connectivity index (χ0v) is 16.4. The van der Waals surface area contributed by atoms with Gasteiger partial charge in [-0.3, -0.25) is 4.79 Å². The summed E-state index contributed by atoms with van der Waals surface area (Å²) in [5.41, 5.74) is 1.63. The maximum atomic E-state index is 12.1. The van der Waals surface area contributed by atoms with Gasteiger partial charge < -0.3 is 19.4 Å². The van der Waals surface area contributed by atoms with E-state index in [9.17, 15) is 4.79 Å². The van der Waals surface area contributed by atoms with Gasteiger partial charge in [-0.1, -0.05) is 18.2 Å². The van der Waals surface area contributed by atoms with Crippen LogP contribution in [0, 0.1) is 6.92 Å². The van der Waals surface area contributed by atoms with E-state index in [1.54, 1.807) is 30.3 Å². The molecule has 0 fully saturated rings. The van der Waals surface area contributed by atoms with Gasteiger partial charge in [-0.15, -0.1) is 0 Å². The number of nitrogens with zero attached hydrogens (tertiary/aromatic N) is 3. The maximum absolute atomic E-state index is 12.1. The van der Waals surface area contributed by atoms with Gasteiger partial charge in [0.15, 0.2) is 6.61 Å². The average molecular weight is 400 g/mol. The smallest absolute Gasteiger partial charge is 0.262 e. The molecule has 0 radical (unpaired) electrons. The quantitative estimate of drug-likeness (QED) is 0.498. The highest BCUT2D eigenvalue weighted by molar-refractivity contribution is 5.91. The number of carbonyl (C=O) groups excluding carboxylic acids is 1. The molecule has 0 atom stereocenters. The first-order chi connectivity index (χ1) is 14.7. The molecule has 0 saturated heterocycles. The number of carbonyl (C=O) groups is 1. The van der Waals surface area contributed by atoms with Gasteiger partial charge in [-0.2, -0.15) is 0 Å². The number of anilines is 1. The number of aromatic nitrogens is 3. The molecule has 0 spiro atoms. The second-order valence-electron chi connectivity index (χ2n) is 6.53. The fraction of sp³-hybridized carbons (Fsp3) is 0.0870. The van der Waals surface area contributed by atoms with E-state index in [-0.39, 0.29) is 12.5 Å². The third-order valence-corrected chi connectivity index (χ3v) is 4.31. The van der Waals surface area contributed by atoms with E-state index in [1.165, 1.54) is 6.33 Å². The minimum atomic E-state index is -0.237. The Morgan fingerprint density at radius 3 is 2.53 bits per heavy atom. The molecule has 4 aromatic rings. The topological polar surface area (TPSA) is 78.3 Å². The largest absolute Gasteiger partial charge is 0.483 e. The number of rotatable bonds is 7. The lowest BCUT2D eigenvalue weighted by molar-refractivity contribution is -0.118. The van der Waals surface area contributed by atoms with Gasteiger partial charge >= 0.3 is 0 Å². The van der Waals surface area contributed by atoms with Gasteiger partial charge in [-0.25, -0.2) is 9.97 Å². The van der Waals surface area contributed by atoms with Crippen LogP contribution in [0.4, 0.5) is 5.69 Å². The molecule has 4 rings (SSSR count). The average Bonchev–Trinajstić information content (AvgIpc) is 3.30. The molecule has 0 aliphatic carbocycles. The van der Waals surface area contributed by atoms with E-state index in [0.717, 1.165) is 5.56 Å². The number of aryl methyl sites for hydroxylation is 1. The summed E-state index contributed by atoms with van der Waals surface area (Å²) in [6.07, 6.45) is 5.24. The van der Waals surface area contributed by atoms with Gasteiger partial charge in [0, 0.05) is 24.1 Å². The SMILES string of the molecule is Cc1ccccc1OCC(=O)Nc1ccc(Oc2cc(-n3cccc3)ncn2)cc1. The van der Waals surface area contributed by atoms with Crippen LogP contribution in [0.2, 0.25) is 0 Å². The van der Waals surface area contributed by atoms with Gasteiger partial charge in [0.05, 0.1) is 0 Å². The summed E-state index contributed by atoms with van der Waals surface area (Å²) in [5.74, 6) is 2.19. The molecular weight excluding hydrogens is 380 g/mol. The van der Waals surface area contributed by atoms with Crippen molar-refractivity contribution in [2.75, 3.05) is 11.9 Å². The third-order valence-electron chi connectivity index (χ3n) is 4.31. The van der Waals surface area contributed by atoms with Gasteiger partial charge in [-0.05, 0) is 55.0 Å². The molecule has 0 aliphatic heterocycles. The zero-order chi connectivity index (χ0) is 20.8. The Morgan fingerprint density at radius 2 is 1.77 bits per heavy atom. The van der Waals surface area contributed by atoms with E-state index >= 15 is 0 Å². The second kappa shape index (κ2) is 8.91. The number of amides is 1. The normalized spacial score (nSPS) is 10.4. The predicted octanol–water partition coefficient (Wildman–Crippen LogP) is 4.39. The molecule has 150 valence electrons. The third kappa shape index (κ3) is 4.82. The van der Waals surface area contributed by atoms with Crippen LogP contribution in [0.5, 0.6) is 17.4 Å². The Balaban J connectivity index is 1.33. The van der Waals surface area contributed by atoms with Gasteiger partial charge in [0.2, 0.25) is 5.88 Å². The number of nitrogens with one attached hydrogen (secondary N) is 1. The summed E-state index contributed by atoms with van der Waals surface area (Å²) < 4.78 is 13.2. The Morgan fingerprint density at radius 1 is 1.00 bits per heavy atom. The number of benzene rings is 2. The molecule has 7 nitrogen and oxygen atoms in total. The minimum Gasteiger partial charge on any atom is -0.483 e.